The zero-order chi connectivity index (χ0) is 12.1. The van der Waals surface area contributed by atoms with Crippen LogP contribution in [0.15, 0.2) is 0 Å². The average molecular weight is 256 g/mol. The Balaban J connectivity index is 1.85. The minimum absolute atomic E-state index is 0.783. The molecule has 0 radical (unpaired) electrons. The molecule has 0 aromatic carbocycles. The Hall–Kier alpha value is 0.270. The van der Waals surface area contributed by atoms with Crippen molar-refractivity contribution < 1.29 is 0 Å². The Bertz CT molecular complexity index is 216. The van der Waals surface area contributed by atoms with Gasteiger partial charge in [-0.15, -0.1) is 0 Å². The Morgan fingerprint density at radius 1 is 1.24 bits per heavy atom. The summed E-state index contributed by atoms with van der Waals surface area (Å²) < 4.78 is 0. The number of hydrogen-bond acceptors (Lipinski definition) is 3. The molecule has 0 aromatic heterocycles. The summed E-state index contributed by atoms with van der Waals surface area (Å²) in [6.45, 7) is 9.77. The molecule has 2 aliphatic rings. The molecule has 1 N–H and O–H groups in total. The van der Waals surface area contributed by atoms with Gasteiger partial charge in [-0.2, -0.15) is 11.8 Å². The van der Waals surface area contributed by atoms with Gasteiger partial charge in [0.2, 0.25) is 0 Å². The molecule has 1 saturated carbocycles. The maximum Gasteiger partial charge on any atom is 0.0108 e. The van der Waals surface area contributed by atoms with Crippen molar-refractivity contribution in [2.45, 2.75) is 39.2 Å². The zero-order valence-corrected chi connectivity index (χ0v) is 12.3. The van der Waals surface area contributed by atoms with Crippen LogP contribution in [0.2, 0.25) is 0 Å². The van der Waals surface area contributed by atoms with Crippen molar-refractivity contribution >= 4 is 11.8 Å². The Morgan fingerprint density at radius 2 is 2.00 bits per heavy atom. The minimum Gasteiger partial charge on any atom is -0.314 e. The highest BCUT2D eigenvalue weighted by molar-refractivity contribution is 7.99. The standard InChI is InChI=1S/C14H28N2S/c1-3-15-14-5-4-12(2)10-13(14)11-16-6-8-17-9-7-16/h12-15H,3-11H2,1-2H3. The fourth-order valence-electron chi connectivity index (χ4n) is 3.35. The minimum atomic E-state index is 0.783. The quantitative estimate of drug-likeness (QED) is 0.832. The first-order valence-corrected chi connectivity index (χ1v) is 8.48. The summed E-state index contributed by atoms with van der Waals surface area (Å²) >= 11 is 2.11. The van der Waals surface area contributed by atoms with Crippen LogP contribution < -0.4 is 5.32 Å². The predicted octanol–water partition coefficient (Wildman–Crippen LogP) is 2.45. The number of thioether (sulfide) groups is 1. The first-order valence-electron chi connectivity index (χ1n) is 7.33. The molecule has 1 saturated heterocycles. The van der Waals surface area contributed by atoms with Gasteiger partial charge >= 0.3 is 0 Å². The topological polar surface area (TPSA) is 15.3 Å². The van der Waals surface area contributed by atoms with Crippen molar-refractivity contribution in [3.05, 3.63) is 0 Å². The number of nitrogens with one attached hydrogen (secondary N) is 1. The number of rotatable bonds is 4. The van der Waals surface area contributed by atoms with Crippen LogP contribution in [0.25, 0.3) is 0 Å². The molecule has 100 valence electrons. The lowest BCUT2D eigenvalue weighted by Crippen LogP contribution is -2.47. The van der Waals surface area contributed by atoms with Crippen LogP contribution in [0.4, 0.5) is 0 Å². The van der Waals surface area contributed by atoms with E-state index in [1.807, 2.05) is 0 Å². The lowest BCUT2D eigenvalue weighted by molar-refractivity contribution is 0.152. The fourth-order valence-corrected chi connectivity index (χ4v) is 4.33. The van der Waals surface area contributed by atoms with E-state index >= 15 is 0 Å². The Kier molecular flexibility index (Phi) is 5.64. The van der Waals surface area contributed by atoms with Crippen molar-refractivity contribution in [1.82, 2.24) is 10.2 Å². The molecule has 0 amide bonds. The second-order valence-electron chi connectivity index (χ2n) is 5.76. The van der Waals surface area contributed by atoms with E-state index in [4.69, 9.17) is 0 Å². The summed E-state index contributed by atoms with van der Waals surface area (Å²) in [4.78, 5) is 2.70. The van der Waals surface area contributed by atoms with Crippen molar-refractivity contribution in [2.75, 3.05) is 37.7 Å². The number of hydrogen-bond donors (Lipinski definition) is 1. The molecule has 1 heterocycles. The highest BCUT2D eigenvalue weighted by atomic mass is 32.2. The molecule has 3 atom stereocenters. The smallest absolute Gasteiger partial charge is 0.0108 e. The van der Waals surface area contributed by atoms with Gasteiger partial charge in [0.05, 0.1) is 0 Å². The lowest BCUT2D eigenvalue weighted by atomic mass is 9.78. The monoisotopic (exact) mass is 256 g/mol. The van der Waals surface area contributed by atoms with Gasteiger partial charge in [-0.25, -0.2) is 0 Å². The molecule has 1 aliphatic carbocycles. The third kappa shape index (κ3) is 4.15. The molecule has 0 aromatic rings. The summed E-state index contributed by atoms with van der Waals surface area (Å²) in [7, 11) is 0. The van der Waals surface area contributed by atoms with Gasteiger partial charge in [-0.1, -0.05) is 13.8 Å². The van der Waals surface area contributed by atoms with E-state index in [-0.39, 0.29) is 0 Å². The average Bonchev–Trinajstić information content (AvgIpc) is 2.34. The van der Waals surface area contributed by atoms with Gasteiger partial charge in [0, 0.05) is 37.2 Å². The lowest BCUT2D eigenvalue weighted by Gasteiger charge is -2.39. The molecule has 0 spiro atoms. The number of nitrogens with zero attached hydrogens (tertiary/aromatic N) is 1. The second kappa shape index (κ2) is 7.01. The summed E-state index contributed by atoms with van der Waals surface area (Å²) in [5.74, 6) is 4.51. The van der Waals surface area contributed by atoms with Crippen LogP contribution >= 0.6 is 11.8 Å². The molecule has 1 aliphatic heterocycles. The van der Waals surface area contributed by atoms with Crippen LogP contribution in [0.1, 0.15) is 33.1 Å². The molecule has 0 bridgehead atoms. The SMILES string of the molecule is CCNC1CCC(C)CC1CN1CCSCC1. The maximum absolute atomic E-state index is 3.71. The van der Waals surface area contributed by atoms with Crippen LogP contribution in [-0.2, 0) is 0 Å². The van der Waals surface area contributed by atoms with E-state index in [1.165, 1.54) is 50.4 Å². The first-order chi connectivity index (χ1) is 8.29. The van der Waals surface area contributed by atoms with Gasteiger partial charge in [0.15, 0.2) is 0 Å². The first kappa shape index (κ1) is 13.7. The van der Waals surface area contributed by atoms with E-state index in [0.717, 1.165) is 24.4 Å². The molecular formula is C14H28N2S. The van der Waals surface area contributed by atoms with Crippen molar-refractivity contribution in [3.8, 4) is 0 Å². The normalized spacial score (nSPS) is 36.0. The molecule has 3 unspecified atom stereocenters. The Morgan fingerprint density at radius 3 is 2.71 bits per heavy atom. The van der Waals surface area contributed by atoms with Gasteiger partial charge in [0.1, 0.15) is 0 Å². The molecular weight excluding hydrogens is 228 g/mol. The molecule has 2 rings (SSSR count). The summed E-state index contributed by atoms with van der Waals surface area (Å²) in [6, 6.07) is 0.783. The highest BCUT2D eigenvalue weighted by Gasteiger charge is 2.29. The summed E-state index contributed by atoms with van der Waals surface area (Å²) in [5.41, 5.74) is 0. The van der Waals surface area contributed by atoms with E-state index in [1.54, 1.807) is 0 Å². The second-order valence-corrected chi connectivity index (χ2v) is 6.98. The van der Waals surface area contributed by atoms with Gasteiger partial charge < -0.3 is 10.2 Å². The van der Waals surface area contributed by atoms with Crippen molar-refractivity contribution in [1.29, 1.82) is 0 Å². The van der Waals surface area contributed by atoms with Crippen molar-refractivity contribution in [3.63, 3.8) is 0 Å². The summed E-state index contributed by atoms with van der Waals surface area (Å²) in [6.07, 6.45) is 4.24. The molecule has 3 heteroatoms. The van der Waals surface area contributed by atoms with Crippen LogP contribution in [0.3, 0.4) is 0 Å². The third-order valence-corrected chi connectivity index (χ3v) is 5.25. The predicted molar refractivity (Wildman–Crippen MR) is 77.7 cm³/mol. The maximum atomic E-state index is 3.71. The molecule has 17 heavy (non-hydrogen) atoms. The van der Waals surface area contributed by atoms with E-state index < -0.39 is 0 Å². The largest absolute Gasteiger partial charge is 0.314 e. The zero-order valence-electron chi connectivity index (χ0n) is 11.5. The van der Waals surface area contributed by atoms with Crippen LogP contribution in [0, 0.1) is 11.8 Å². The van der Waals surface area contributed by atoms with Gasteiger partial charge in [-0.05, 0) is 37.6 Å². The van der Waals surface area contributed by atoms with Gasteiger partial charge in [0.25, 0.3) is 0 Å². The van der Waals surface area contributed by atoms with Crippen molar-refractivity contribution in [2.24, 2.45) is 11.8 Å². The highest BCUT2D eigenvalue weighted by Crippen LogP contribution is 2.30. The van der Waals surface area contributed by atoms with Gasteiger partial charge in [-0.3, -0.25) is 0 Å². The van der Waals surface area contributed by atoms with E-state index in [2.05, 4.69) is 35.8 Å². The van der Waals surface area contributed by atoms with Crippen LogP contribution in [0.5, 0.6) is 0 Å². The summed E-state index contributed by atoms with van der Waals surface area (Å²) in [5, 5.41) is 3.71. The van der Waals surface area contributed by atoms with E-state index in [9.17, 15) is 0 Å². The molecule has 2 fully saturated rings. The third-order valence-electron chi connectivity index (χ3n) is 4.31. The molecule has 2 nitrogen and oxygen atoms in total. The van der Waals surface area contributed by atoms with Crippen LogP contribution in [-0.4, -0.2) is 48.6 Å². The van der Waals surface area contributed by atoms with E-state index in [0.29, 0.717) is 0 Å². The Labute approximate surface area is 111 Å². The fraction of sp³-hybridized carbons (Fsp3) is 1.00.